The number of carbonyl (C=O) groups is 1. The zero-order valence-electron chi connectivity index (χ0n) is 8.08. The molecule has 0 atom stereocenters. The molecule has 1 amide bonds. The minimum Gasteiger partial charge on any atom is -0.453 e. The van der Waals surface area contributed by atoms with Crippen LogP contribution in [-0.2, 0) is 4.74 Å². The number of carbonyl (C=O) groups excluding carboxylic acids is 1. The van der Waals surface area contributed by atoms with Crippen molar-refractivity contribution in [1.82, 2.24) is 5.32 Å². The summed E-state index contributed by atoms with van der Waals surface area (Å²) in [5.74, 6) is 2.52. The number of hydrogen-bond donors (Lipinski definition) is 1. The second-order valence-electron chi connectivity index (χ2n) is 4.21. The van der Waals surface area contributed by atoms with Gasteiger partial charge in [-0.1, -0.05) is 0 Å². The lowest BCUT2D eigenvalue weighted by molar-refractivity contribution is 0.167. The molecule has 74 valence electrons. The average Bonchev–Trinajstić information content (AvgIpc) is 2.98. The van der Waals surface area contributed by atoms with Crippen LogP contribution in [0.1, 0.15) is 25.7 Å². The van der Waals surface area contributed by atoms with E-state index < -0.39 is 0 Å². The molecule has 2 saturated carbocycles. The molecule has 2 rings (SSSR count). The maximum atomic E-state index is 10.9. The average molecular weight is 183 g/mol. The Morgan fingerprint density at radius 1 is 1.38 bits per heavy atom. The van der Waals surface area contributed by atoms with Crippen LogP contribution < -0.4 is 5.32 Å². The third-order valence-corrected chi connectivity index (χ3v) is 3.12. The smallest absolute Gasteiger partial charge is 0.406 e. The van der Waals surface area contributed by atoms with Crippen molar-refractivity contribution in [3.05, 3.63) is 0 Å². The summed E-state index contributed by atoms with van der Waals surface area (Å²) < 4.78 is 4.55. The number of ether oxygens (including phenoxy) is 1. The number of methoxy groups -OCH3 is 1. The van der Waals surface area contributed by atoms with Crippen LogP contribution in [0.25, 0.3) is 0 Å². The van der Waals surface area contributed by atoms with Crippen LogP contribution in [-0.4, -0.2) is 19.7 Å². The minimum absolute atomic E-state index is 0.286. The SMILES string of the molecule is COC(=O)NCC(C1CC1)C1CC1. The summed E-state index contributed by atoms with van der Waals surface area (Å²) in [4.78, 5) is 10.9. The Kier molecular flexibility index (Phi) is 2.42. The highest BCUT2D eigenvalue weighted by Gasteiger charge is 2.41. The van der Waals surface area contributed by atoms with Gasteiger partial charge in [0.15, 0.2) is 0 Å². The molecule has 0 saturated heterocycles. The van der Waals surface area contributed by atoms with E-state index in [4.69, 9.17) is 0 Å². The fourth-order valence-electron chi connectivity index (χ4n) is 2.04. The Labute approximate surface area is 78.8 Å². The first-order valence-corrected chi connectivity index (χ1v) is 5.13. The lowest BCUT2D eigenvalue weighted by Crippen LogP contribution is -2.30. The molecular weight excluding hydrogens is 166 g/mol. The Morgan fingerprint density at radius 3 is 2.31 bits per heavy atom. The first-order valence-electron chi connectivity index (χ1n) is 5.13. The van der Waals surface area contributed by atoms with Gasteiger partial charge in [0.2, 0.25) is 0 Å². The van der Waals surface area contributed by atoms with Crippen LogP contribution in [0.5, 0.6) is 0 Å². The van der Waals surface area contributed by atoms with Gasteiger partial charge >= 0.3 is 6.09 Å². The molecule has 0 aliphatic heterocycles. The fraction of sp³-hybridized carbons (Fsp3) is 0.900. The lowest BCUT2D eigenvalue weighted by Gasteiger charge is -2.15. The van der Waals surface area contributed by atoms with Crippen molar-refractivity contribution in [2.45, 2.75) is 25.7 Å². The van der Waals surface area contributed by atoms with Crippen molar-refractivity contribution in [3.63, 3.8) is 0 Å². The topological polar surface area (TPSA) is 38.3 Å². The van der Waals surface area contributed by atoms with Crippen molar-refractivity contribution in [2.24, 2.45) is 17.8 Å². The second-order valence-corrected chi connectivity index (χ2v) is 4.21. The van der Waals surface area contributed by atoms with Gasteiger partial charge in [0, 0.05) is 6.54 Å². The van der Waals surface area contributed by atoms with E-state index in [9.17, 15) is 4.79 Å². The van der Waals surface area contributed by atoms with Crippen molar-refractivity contribution in [3.8, 4) is 0 Å². The van der Waals surface area contributed by atoms with E-state index in [0.29, 0.717) is 0 Å². The van der Waals surface area contributed by atoms with Crippen LogP contribution in [0.3, 0.4) is 0 Å². The first-order chi connectivity index (χ1) is 6.31. The highest BCUT2D eigenvalue weighted by molar-refractivity contribution is 5.66. The van der Waals surface area contributed by atoms with Crippen molar-refractivity contribution in [1.29, 1.82) is 0 Å². The van der Waals surface area contributed by atoms with E-state index in [2.05, 4.69) is 10.1 Å². The fourth-order valence-corrected chi connectivity index (χ4v) is 2.04. The summed E-state index contributed by atoms with van der Waals surface area (Å²) in [6.07, 6.45) is 5.17. The number of hydrogen-bond acceptors (Lipinski definition) is 2. The Bertz CT molecular complexity index is 185. The van der Waals surface area contributed by atoms with E-state index in [0.717, 1.165) is 24.3 Å². The summed E-state index contributed by atoms with van der Waals surface area (Å²) in [6, 6.07) is 0. The molecule has 1 N–H and O–H groups in total. The standard InChI is InChI=1S/C10H17NO2/c1-13-10(12)11-6-9(7-2-3-7)8-4-5-8/h7-9H,2-6H2,1H3,(H,11,12). The third-order valence-electron chi connectivity index (χ3n) is 3.12. The molecule has 3 heteroatoms. The molecular formula is C10H17NO2. The predicted molar refractivity (Wildman–Crippen MR) is 49.3 cm³/mol. The van der Waals surface area contributed by atoms with Crippen molar-refractivity contribution >= 4 is 6.09 Å². The maximum absolute atomic E-state index is 10.9. The molecule has 0 unspecified atom stereocenters. The molecule has 2 aliphatic carbocycles. The normalized spacial score (nSPS) is 21.7. The maximum Gasteiger partial charge on any atom is 0.406 e. The van der Waals surface area contributed by atoms with Gasteiger partial charge in [-0.2, -0.15) is 0 Å². The van der Waals surface area contributed by atoms with Crippen molar-refractivity contribution < 1.29 is 9.53 Å². The van der Waals surface area contributed by atoms with Crippen LogP contribution in [0.15, 0.2) is 0 Å². The Balaban J connectivity index is 1.73. The Morgan fingerprint density at radius 2 is 1.92 bits per heavy atom. The third kappa shape index (κ3) is 2.36. The molecule has 3 nitrogen and oxygen atoms in total. The highest BCUT2D eigenvalue weighted by atomic mass is 16.5. The molecule has 0 radical (unpaired) electrons. The summed E-state index contributed by atoms with van der Waals surface area (Å²) in [6.45, 7) is 0.821. The minimum atomic E-state index is -0.286. The largest absolute Gasteiger partial charge is 0.453 e. The van der Waals surface area contributed by atoms with Gasteiger partial charge in [-0.3, -0.25) is 0 Å². The molecule has 13 heavy (non-hydrogen) atoms. The number of nitrogens with one attached hydrogen (secondary N) is 1. The molecule has 2 aliphatic rings. The van der Waals surface area contributed by atoms with Gasteiger partial charge in [0.25, 0.3) is 0 Å². The van der Waals surface area contributed by atoms with E-state index in [1.54, 1.807) is 0 Å². The predicted octanol–water partition coefficient (Wildman–Crippen LogP) is 1.78. The van der Waals surface area contributed by atoms with E-state index in [1.165, 1.54) is 32.8 Å². The van der Waals surface area contributed by atoms with Gasteiger partial charge in [0.1, 0.15) is 0 Å². The molecule has 2 fully saturated rings. The van der Waals surface area contributed by atoms with Gasteiger partial charge in [-0.05, 0) is 43.4 Å². The molecule has 0 aromatic rings. The zero-order chi connectivity index (χ0) is 9.26. The molecule has 0 heterocycles. The zero-order valence-corrected chi connectivity index (χ0v) is 8.08. The first kappa shape index (κ1) is 8.85. The molecule has 0 aromatic heterocycles. The number of amides is 1. The quantitative estimate of drug-likeness (QED) is 0.721. The van der Waals surface area contributed by atoms with Gasteiger partial charge < -0.3 is 10.1 Å². The highest BCUT2D eigenvalue weighted by Crippen LogP contribution is 2.48. The molecule has 0 aromatic carbocycles. The number of rotatable bonds is 4. The second kappa shape index (κ2) is 3.56. The van der Waals surface area contributed by atoms with E-state index >= 15 is 0 Å². The van der Waals surface area contributed by atoms with Gasteiger partial charge in [-0.25, -0.2) is 4.79 Å². The van der Waals surface area contributed by atoms with Crippen molar-refractivity contribution in [2.75, 3.05) is 13.7 Å². The van der Waals surface area contributed by atoms with Crippen LogP contribution >= 0.6 is 0 Å². The van der Waals surface area contributed by atoms with E-state index in [1.807, 2.05) is 0 Å². The summed E-state index contributed by atoms with van der Waals surface area (Å²) in [5.41, 5.74) is 0. The monoisotopic (exact) mass is 183 g/mol. The van der Waals surface area contributed by atoms with Gasteiger partial charge in [0.05, 0.1) is 7.11 Å². The lowest BCUT2D eigenvalue weighted by atomic mass is 9.98. The number of alkyl carbamates (subject to hydrolysis) is 1. The van der Waals surface area contributed by atoms with Crippen LogP contribution in [0.2, 0.25) is 0 Å². The van der Waals surface area contributed by atoms with E-state index in [-0.39, 0.29) is 6.09 Å². The van der Waals surface area contributed by atoms with Crippen LogP contribution in [0.4, 0.5) is 4.79 Å². The Hall–Kier alpha value is -0.730. The molecule has 0 spiro atoms. The summed E-state index contributed by atoms with van der Waals surface area (Å²) in [7, 11) is 1.42. The van der Waals surface area contributed by atoms with Gasteiger partial charge in [-0.15, -0.1) is 0 Å². The molecule has 0 bridgehead atoms. The summed E-state index contributed by atoms with van der Waals surface area (Å²) in [5, 5.41) is 2.81. The van der Waals surface area contributed by atoms with Crippen LogP contribution in [0, 0.1) is 17.8 Å². The summed E-state index contributed by atoms with van der Waals surface area (Å²) >= 11 is 0.